The standard InChI is InChI=1S/C18H29N5O4/c1-6-12(17(26)27-18(2,3)4)9-10-23(5)14-8-7-13(11-20-14)21-15(24)16(25)22-19/h7-8,11-12H,6,9-10,19H2,1-5H3,(H,21,24)(H,22,25). The number of hydrogen-bond donors (Lipinski definition) is 3. The molecule has 0 aliphatic heterocycles. The monoisotopic (exact) mass is 379 g/mol. The Balaban J connectivity index is 2.61. The molecule has 0 aliphatic rings. The largest absolute Gasteiger partial charge is 0.460 e. The predicted molar refractivity (Wildman–Crippen MR) is 103 cm³/mol. The van der Waals surface area contributed by atoms with Crippen LogP contribution >= 0.6 is 0 Å². The Morgan fingerprint density at radius 3 is 2.41 bits per heavy atom. The summed E-state index contributed by atoms with van der Waals surface area (Å²) < 4.78 is 5.46. The Bertz CT molecular complexity index is 655. The molecular formula is C18H29N5O4. The van der Waals surface area contributed by atoms with Crippen molar-refractivity contribution in [3.63, 3.8) is 0 Å². The smallest absolute Gasteiger partial charge is 0.323 e. The molecule has 1 unspecified atom stereocenters. The molecule has 150 valence electrons. The second kappa shape index (κ2) is 9.86. The van der Waals surface area contributed by atoms with Crippen molar-refractivity contribution in [1.82, 2.24) is 10.4 Å². The molecule has 0 saturated carbocycles. The molecule has 0 spiro atoms. The van der Waals surface area contributed by atoms with Crippen molar-refractivity contribution >= 4 is 29.3 Å². The van der Waals surface area contributed by atoms with Gasteiger partial charge in [0.2, 0.25) is 0 Å². The first kappa shape index (κ1) is 22.4. The maximum Gasteiger partial charge on any atom is 0.323 e. The minimum Gasteiger partial charge on any atom is -0.460 e. The van der Waals surface area contributed by atoms with Crippen LogP contribution in [0.5, 0.6) is 0 Å². The highest BCUT2D eigenvalue weighted by molar-refractivity contribution is 6.39. The molecule has 1 aromatic heterocycles. The number of carbonyl (C=O) groups excluding carboxylic acids is 3. The molecule has 4 N–H and O–H groups in total. The van der Waals surface area contributed by atoms with Crippen LogP contribution in [-0.2, 0) is 19.1 Å². The minimum absolute atomic E-state index is 0.181. The summed E-state index contributed by atoms with van der Waals surface area (Å²) >= 11 is 0. The molecule has 0 saturated heterocycles. The van der Waals surface area contributed by atoms with Gasteiger partial charge in [0.05, 0.1) is 17.8 Å². The third kappa shape index (κ3) is 7.61. The molecule has 0 aliphatic carbocycles. The van der Waals surface area contributed by atoms with E-state index >= 15 is 0 Å². The Kier molecular flexibility index (Phi) is 8.17. The van der Waals surface area contributed by atoms with E-state index in [4.69, 9.17) is 10.6 Å². The van der Waals surface area contributed by atoms with Gasteiger partial charge >= 0.3 is 17.8 Å². The average Bonchev–Trinajstić information content (AvgIpc) is 2.60. The van der Waals surface area contributed by atoms with E-state index in [-0.39, 0.29) is 11.9 Å². The normalized spacial score (nSPS) is 12.1. The molecule has 0 aromatic carbocycles. The summed E-state index contributed by atoms with van der Waals surface area (Å²) in [5, 5.41) is 2.38. The number of amides is 2. The summed E-state index contributed by atoms with van der Waals surface area (Å²) in [7, 11) is 1.87. The zero-order chi connectivity index (χ0) is 20.6. The lowest BCUT2D eigenvalue weighted by Crippen LogP contribution is -2.39. The Morgan fingerprint density at radius 1 is 1.26 bits per heavy atom. The third-order valence-electron chi connectivity index (χ3n) is 3.78. The fourth-order valence-corrected chi connectivity index (χ4v) is 2.28. The maximum atomic E-state index is 12.2. The summed E-state index contributed by atoms with van der Waals surface area (Å²) in [6.07, 6.45) is 2.78. The lowest BCUT2D eigenvalue weighted by atomic mass is 10.0. The van der Waals surface area contributed by atoms with Gasteiger partial charge in [-0.25, -0.2) is 10.8 Å². The lowest BCUT2D eigenvalue weighted by Gasteiger charge is -2.25. The van der Waals surface area contributed by atoms with Gasteiger partial charge in [0, 0.05) is 13.6 Å². The molecule has 0 bridgehead atoms. The van der Waals surface area contributed by atoms with Crippen molar-refractivity contribution in [2.24, 2.45) is 11.8 Å². The number of hydrazine groups is 1. The van der Waals surface area contributed by atoms with Crippen molar-refractivity contribution < 1.29 is 19.1 Å². The minimum atomic E-state index is -0.941. The SMILES string of the molecule is CCC(CCN(C)c1ccc(NC(=O)C(=O)NN)cn1)C(=O)OC(C)(C)C. The number of rotatable bonds is 7. The molecule has 0 radical (unpaired) electrons. The average molecular weight is 379 g/mol. The summed E-state index contributed by atoms with van der Waals surface area (Å²) in [6.45, 7) is 8.13. The van der Waals surface area contributed by atoms with Crippen LogP contribution in [0.2, 0.25) is 0 Å². The second-order valence-corrected chi connectivity index (χ2v) is 7.18. The zero-order valence-corrected chi connectivity index (χ0v) is 16.5. The van der Waals surface area contributed by atoms with Crippen LogP contribution in [0.25, 0.3) is 0 Å². The summed E-state index contributed by atoms with van der Waals surface area (Å²) in [5.74, 6) is 3.39. The van der Waals surface area contributed by atoms with E-state index in [9.17, 15) is 14.4 Å². The fraction of sp³-hybridized carbons (Fsp3) is 0.556. The van der Waals surface area contributed by atoms with Crippen molar-refractivity contribution in [2.75, 3.05) is 23.8 Å². The number of esters is 1. The van der Waals surface area contributed by atoms with Gasteiger partial charge in [-0.05, 0) is 45.7 Å². The number of hydrogen-bond acceptors (Lipinski definition) is 7. The van der Waals surface area contributed by atoms with E-state index in [0.29, 0.717) is 30.9 Å². The Labute approximate surface area is 159 Å². The van der Waals surface area contributed by atoms with Crippen LogP contribution in [-0.4, -0.2) is 42.0 Å². The van der Waals surface area contributed by atoms with E-state index in [1.54, 1.807) is 17.6 Å². The number of anilines is 2. The van der Waals surface area contributed by atoms with Crippen LogP contribution in [0.3, 0.4) is 0 Å². The van der Waals surface area contributed by atoms with Gasteiger partial charge in [0.15, 0.2) is 0 Å². The van der Waals surface area contributed by atoms with Gasteiger partial charge in [-0.1, -0.05) is 6.92 Å². The van der Waals surface area contributed by atoms with E-state index in [1.807, 2.05) is 39.6 Å². The van der Waals surface area contributed by atoms with Gasteiger partial charge in [0.25, 0.3) is 0 Å². The van der Waals surface area contributed by atoms with E-state index in [0.717, 1.165) is 0 Å². The number of nitrogens with one attached hydrogen (secondary N) is 2. The van der Waals surface area contributed by atoms with Crippen LogP contribution in [0.15, 0.2) is 18.3 Å². The van der Waals surface area contributed by atoms with Gasteiger partial charge in [-0.2, -0.15) is 0 Å². The van der Waals surface area contributed by atoms with Crippen molar-refractivity contribution in [3.8, 4) is 0 Å². The molecule has 0 fully saturated rings. The number of nitrogens with zero attached hydrogens (tertiary/aromatic N) is 2. The number of ether oxygens (including phenoxy) is 1. The molecular weight excluding hydrogens is 350 g/mol. The highest BCUT2D eigenvalue weighted by Crippen LogP contribution is 2.19. The molecule has 2 amide bonds. The topological polar surface area (TPSA) is 127 Å². The second-order valence-electron chi connectivity index (χ2n) is 7.18. The Morgan fingerprint density at radius 2 is 1.93 bits per heavy atom. The molecule has 27 heavy (non-hydrogen) atoms. The number of aromatic nitrogens is 1. The van der Waals surface area contributed by atoms with Gasteiger partial charge in [-0.3, -0.25) is 19.8 Å². The fourth-order valence-electron chi connectivity index (χ4n) is 2.28. The number of nitrogens with two attached hydrogens (primary N) is 1. The predicted octanol–water partition coefficient (Wildman–Crippen LogP) is 1.20. The van der Waals surface area contributed by atoms with Gasteiger partial charge in [0.1, 0.15) is 11.4 Å². The zero-order valence-electron chi connectivity index (χ0n) is 16.5. The number of pyridine rings is 1. The molecule has 1 atom stereocenters. The van der Waals surface area contributed by atoms with Crippen LogP contribution in [0.4, 0.5) is 11.5 Å². The third-order valence-corrected chi connectivity index (χ3v) is 3.78. The first-order chi connectivity index (χ1) is 12.6. The molecule has 1 aromatic rings. The van der Waals surface area contributed by atoms with Crippen molar-refractivity contribution in [3.05, 3.63) is 18.3 Å². The summed E-state index contributed by atoms with van der Waals surface area (Å²) in [6, 6.07) is 3.34. The molecule has 9 heteroatoms. The van der Waals surface area contributed by atoms with Crippen LogP contribution < -0.4 is 21.5 Å². The Hall–Kier alpha value is -2.68. The molecule has 9 nitrogen and oxygen atoms in total. The van der Waals surface area contributed by atoms with Crippen molar-refractivity contribution in [2.45, 2.75) is 46.1 Å². The maximum absolute atomic E-state index is 12.2. The van der Waals surface area contributed by atoms with Crippen LogP contribution in [0, 0.1) is 5.92 Å². The van der Waals surface area contributed by atoms with Crippen LogP contribution in [0.1, 0.15) is 40.5 Å². The molecule has 1 heterocycles. The van der Waals surface area contributed by atoms with Crippen molar-refractivity contribution in [1.29, 1.82) is 0 Å². The first-order valence-corrected chi connectivity index (χ1v) is 8.79. The molecule has 1 rings (SSSR count). The summed E-state index contributed by atoms with van der Waals surface area (Å²) in [5.41, 5.74) is 1.63. The lowest BCUT2D eigenvalue weighted by molar-refractivity contribution is -0.160. The highest BCUT2D eigenvalue weighted by atomic mass is 16.6. The van der Waals surface area contributed by atoms with E-state index in [2.05, 4.69) is 10.3 Å². The quantitative estimate of drug-likeness (QED) is 0.214. The van der Waals surface area contributed by atoms with E-state index < -0.39 is 17.4 Å². The van der Waals surface area contributed by atoms with E-state index in [1.165, 1.54) is 6.20 Å². The first-order valence-electron chi connectivity index (χ1n) is 8.79. The highest BCUT2D eigenvalue weighted by Gasteiger charge is 2.24. The van der Waals surface area contributed by atoms with Gasteiger partial charge < -0.3 is 15.0 Å². The van der Waals surface area contributed by atoms with Gasteiger partial charge in [-0.15, -0.1) is 0 Å². The summed E-state index contributed by atoms with van der Waals surface area (Å²) in [4.78, 5) is 40.9. The number of carbonyl (C=O) groups is 3.